The van der Waals surface area contributed by atoms with E-state index in [2.05, 4.69) is 20.8 Å². The molecule has 1 saturated heterocycles. The van der Waals surface area contributed by atoms with Crippen LogP contribution in [0, 0.1) is 6.92 Å². The number of hydrogen-bond acceptors (Lipinski definition) is 5. The fourth-order valence-electron chi connectivity index (χ4n) is 4.85. The average molecular weight is 542 g/mol. The summed E-state index contributed by atoms with van der Waals surface area (Å²) in [5.74, 6) is -2.10. The first-order valence-corrected chi connectivity index (χ1v) is 13.4. The van der Waals surface area contributed by atoms with Crippen molar-refractivity contribution in [2.75, 3.05) is 11.5 Å². The molecule has 0 aromatic heterocycles. The second-order valence-electron chi connectivity index (χ2n) is 11.1. The van der Waals surface area contributed by atoms with Gasteiger partial charge in [0.15, 0.2) is 0 Å². The van der Waals surface area contributed by atoms with Crippen molar-refractivity contribution in [3.05, 3.63) is 100 Å². The quantitative estimate of drug-likeness (QED) is 0.196. The first-order chi connectivity index (χ1) is 18.9. The van der Waals surface area contributed by atoms with E-state index in [0.717, 1.165) is 17.5 Å². The van der Waals surface area contributed by atoms with Gasteiger partial charge in [-0.1, -0.05) is 64.1 Å². The van der Waals surface area contributed by atoms with Gasteiger partial charge in [0.05, 0.1) is 24.6 Å². The Morgan fingerprint density at radius 2 is 1.60 bits per heavy atom. The van der Waals surface area contributed by atoms with E-state index in [0.29, 0.717) is 34.7 Å². The highest BCUT2D eigenvalue weighted by atomic mass is 16.5. The molecule has 1 atom stereocenters. The standard InChI is InChI=1S/C33H35NO6/c1-6-17-40-26-16-11-23(18-20(26)2)30(37)28-29(22-9-12-24(13-10-22)33(3,4)5)34(32(39)31(28)38)25-14-7-21(8-15-25)19-27(35)36/h7-16,18,29,37H,6,17,19H2,1-5H3,(H,35,36)/b30-28-. The van der Waals surface area contributed by atoms with Crippen LogP contribution in [0.5, 0.6) is 5.75 Å². The largest absolute Gasteiger partial charge is 0.507 e. The Morgan fingerprint density at radius 3 is 2.15 bits per heavy atom. The molecule has 1 heterocycles. The van der Waals surface area contributed by atoms with Crippen LogP contribution in [0.4, 0.5) is 5.69 Å². The Morgan fingerprint density at radius 1 is 0.950 bits per heavy atom. The molecule has 0 aliphatic carbocycles. The van der Waals surface area contributed by atoms with Gasteiger partial charge >= 0.3 is 5.97 Å². The summed E-state index contributed by atoms with van der Waals surface area (Å²) in [6.07, 6.45) is 0.698. The van der Waals surface area contributed by atoms with Crippen LogP contribution in [0.15, 0.2) is 72.3 Å². The lowest BCUT2D eigenvalue weighted by Gasteiger charge is -2.27. The molecule has 0 spiro atoms. The zero-order chi connectivity index (χ0) is 29.2. The molecule has 1 aliphatic rings. The molecule has 0 saturated carbocycles. The van der Waals surface area contributed by atoms with Gasteiger partial charge in [0.25, 0.3) is 11.7 Å². The first-order valence-electron chi connectivity index (χ1n) is 13.4. The van der Waals surface area contributed by atoms with Crippen LogP contribution < -0.4 is 9.64 Å². The van der Waals surface area contributed by atoms with Crippen molar-refractivity contribution in [2.45, 2.75) is 58.9 Å². The molecule has 3 aromatic rings. The molecule has 7 heteroatoms. The number of aryl methyl sites for hydroxylation is 1. The number of aliphatic carboxylic acids is 1. The van der Waals surface area contributed by atoms with E-state index < -0.39 is 23.7 Å². The van der Waals surface area contributed by atoms with E-state index in [1.165, 1.54) is 4.90 Å². The normalized spacial score (nSPS) is 16.8. The lowest BCUT2D eigenvalue weighted by atomic mass is 9.85. The van der Waals surface area contributed by atoms with E-state index in [9.17, 15) is 19.5 Å². The lowest BCUT2D eigenvalue weighted by molar-refractivity contribution is -0.136. The fourth-order valence-corrected chi connectivity index (χ4v) is 4.85. The van der Waals surface area contributed by atoms with Crippen LogP contribution in [0.1, 0.15) is 68.0 Å². The van der Waals surface area contributed by atoms with Crippen LogP contribution in [-0.4, -0.2) is 34.5 Å². The number of carbonyl (C=O) groups is 3. The molecule has 1 unspecified atom stereocenters. The Hall–Kier alpha value is -4.39. The fraction of sp³-hybridized carbons (Fsp3) is 0.303. The molecular formula is C33H35NO6. The molecular weight excluding hydrogens is 506 g/mol. The number of benzene rings is 3. The summed E-state index contributed by atoms with van der Waals surface area (Å²) in [6.45, 7) is 10.7. The third-order valence-electron chi connectivity index (χ3n) is 7.02. The van der Waals surface area contributed by atoms with E-state index >= 15 is 0 Å². The molecule has 3 aromatic carbocycles. The highest BCUT2D eigenvalue weighted by Gasteiger charge is 2.47. The number of ketones is 1. The Bertz CT molecular complexity index is 1460. The molecule has 0 bridgehead atoms. The molecule has 1 amide bonds. The summed E-state index contributed by atoms with van der Waals surface area (Å²) in [5, 5.41) is 20.6. The number of hydrogen-bond donors (Lipinski definition) is 2. The zero-order valence-corrected chi connectivity index (χ0v) is 23.5. The van der Waals surface area contributed by atoms with Gasteiger partial charge < -0.3 is 14.9 Å². The minimum atomic E-state index is -0.964. The van der Waals surface area contributed by atoms with E-state index in [1.54, 1.807) is 42.5 Å². The van der Waals surface area contributed by atoms with Crippen molar-refractivity contribution >= 4 is 29.1 Å². The number of nitrogens with zero attached hydrogens (tertiary/aromatic N) is 1. The summed E-state index contributed by atoms with van der Waals surface area (Å²) >= 11 is 0. The van der Waals surface area contributed by atoms with Gasteiger partial charge in [-0.2, -0.15) is 0 Å². The number of anilines is 1. The van der Waals surface area contributed by atoms with Crippen LogP contribution in [0.3, 0.4) is 0 Å². The number of amides is 1. The Balaban J connectivity index is 1.85. The number of carbonyl (C=O) groups excluding carboxylic acids is 2. The predicted octanol–water partition coefficient (Wildman–Crippen LogP) is 6.33. The van der Waals surface area contributed by atoms with E-state index in [1.807, 2.05) is 38.1 Å². The summed E-state index contributed by atoms with van der Waals surface area (Å²) in [5.41, 5.74) is 3.86. The average Bonchev–Trinajstić information content (AvgIpc) is 3.17. The maximum Gasteiger partial charge on any atom is 0.307 e. The number of carboxylic acid groups (broad SMARTS) is 1. The van der Waals surface area contributed by atoms with Crippen molar-refractivity contribution in [1.82, 2.24) is 0 Å². The van der Waals surface area contributed by atoms with Gasteiger partial charge in [0.1, 0.15) is 11.5 Å². The molecule has 2 N–H and O–H groups in total. The van der Waals surface area contributed by atoms with Crippen molar-refractivity contribution in [3.8, 4) is 5.75 Å². The number of rotatable bonds is 8. The van der Waals surface area contributed by atoms with Crippen molar-refractivity contribution < 1.29 is 29.3 Å². The topological polar surface area (TPSA) is 104 Å². The monoisotopic (exact) mass is 541 g/mol. The maximum atomic E-state index is 13.5. The summed E-state index contributed by atoms with van der Waals surface area (Å²) in [6, 6.07) is 18.5. The van der Waals surface area contributed by atoms with Crippen LogP contribution in [0.2, 0.25) is 0 Å². The van der Waals surface area contributed by atoms with Gasteiger partial charge in [0.2, 0.25) is 0 Å². The molecule has 1 aliphatic heterocycles. The third-order valence-corrected chi connectivity index (χ3v) is 7.02. The van der Waals surface area contributed by atoms with Crippen molar-refractivity contribution in [2.24, 2.45) is 0 Å². The number of ether oxygens (including phenoxy) is 1. The second kappa shape index (κ2) is 11.4. The molecule has 1 fully saturated rings. The van der Waals surface area contributed by atoms with Gasteiger partial charge in [-0.15, -0.1) is 0 Å². The van der Waals surface area contributed by atoms with Crippen molar-refractivity contribution in [1.29, 1.82) is 0 Å². The highest BCUT2D eigenvalue weighted by Crippen LogP contribution is 2.43. The van der Waals surface area contributed by atoms with Gasteiger partial charge in [0, 0.05) is 11.3 Å². The number of Topliss-reactive ketones (excluding diaryl/α,β-unsaturated/α-hetero) is 1. The van der Waals surface area contributed by atoms with Gasteiger partial charge in [-0.25, -0.2) is 0 Å². The van der Waals surface area contributed by atoms with Gasteiger partial charge in [-0.05, 0) is 71.3 Å². The maximum absolute atomic E-state index is 13.5. The molecule has 4 rings (SSSR count). The summed E-state index contributed by atoms with van der Waals surface area (Å²) in [4.78, 5) is 39.5. The zero-order valence-electron chi connectivity index (χ0n) is 23.5. The minimum absolute atomic E-state index is 0.00949. The molecule has 0 radical (unpaired) electrons. The highest BCUT2D eigenvalue weighted by molar-refractivity contribution is 6.51. The minimum Gasteiger partial charge on any atom is -0.507 e. The van der Waals surface area contributed by atoms with Gasteiger partial charge in [-0.3, -0.25) is 19.3 Å². The molecule has 7 nitrogen and oxygen atoms in total. The van der Waals surface area contributed by atoms with E-state index in [-0.39, 0.29) is 23.2 Å². The molecule has 208 valence electrons. The molecule has 40 heavy (non-hydrogen) atoms. The summed E-state index contributed by atoms with van der Waals surface area (Å²) in [7, 11) is 0. The lowest BCUT2D eigenvalue weighted by Crippen LogP contribution is -2.29. The first kappa shape index (κ1) is 28.6. The van der Waals surface area contributed by atoms with E-state index in [4.69, 9.17) is 9.84 Å². The second-order valence-corrected chi connectivity index (χ2v) is 11.1. The number of aliphatic hydroxyl groups is 1. The summed E-state index contributed by atoms with van der Waals surface area (Å²) < 4.78 is 5.76. The van der Waals surface area contributed by atoms with Crippen LogP contribution >= 0.6 is 0 Å². The third kappa shape index (κ3) is 5.78. The Labute approximate surface area is 234 Å². The number of carboxylic acids is 1. The SMILES string of the molecule is CCCOc1ccc(/C(O)=C2/C(=O)C(=O)N(c3ccc(CC(=O)O)cc3)C2c2ccc(C(C)(C)C)cc2)cc1C. The Kier molecular flexibility index (Phi) is 8.14. The number of aliphatic hydroxyl groups excluding tert-OH is 1. The predicted molar refractivity (Wildman–Crippen MR) is 155 cm³/mol. The van der Waals surface area contributed by atoms with Crippen molar-refractivity contribution in [3.63, 3.8) is 0 Å². The smallest absolute Gasteiger partial charge is 0.307 e. The van der Waals surface area contributed by atoms with Crippen LogP contribution in [-0.2, 0) is 26.2 Å². The van der Waals surface area contributed by atoms with Crippen LogP contribution in [0.25, 0.3) is 5.76 Å².